The van der Waals surface area contributed by atoms with E-state index in [0.717, 1.165) is 30.5 Å². The van der Waals surface area contributed by atoms with Crippen LogP contribution in [-0.2, 0) is 6.42 Å². The quantitative estimate of drug-likeness (QED) is 0.592. The maximum Gasteiger partial charge on any atom is 0.272 e. The van der Waals surface area contributed by atoms with E-state index in [0.29, 0.717) is 30.4 Å². The van der Waals surface area contributed by atoms with Gasteiger partial charge in [-0.3, -0.25) is 14.8 Å². The van der Waals surface area contributed by atoms with Gasteiger partial charge in [0, 0.05) is 38.0 Å². The highest BCUT2D eigenvalue weighted by Crippen LogP contribution is 2.18. The van der Waals surface area contributed by atoms with Gasteiger partial charge in [0.1, 0.15) is 0 Å². The van der Waals surface area contributed by atoms with E-state index in [9.17, 15) is 4.79 Å². The maximum absolute atomic E-state index is 12.3. The summed E-state index contributed by atoms with van der Waals surface area (Å²) < 4.78 is 5.32. The van der Waals surface area contributed by atoms with E-state index in [1.165, 1.54) is 0 Å². The van der Waals surface area contributed by atoms with E-state index in [2.05, 4.69) is 42.9 Å². The van der Waals surface area contributed by atoms with E-state index in [4.69, 9.17) is 4.52 Å². The summed E-state index contributed by atoms with van der Waals surface area (Å²) in [5.74, 6) is 0.976. The summed E-state index contributed by atoms with van der Waals surface area (Å²) in [6.07, 6.45) is 0.477. The Balaban J connectivity index is 0.00000210. The first kappa shape index (κ1) is 19.3. The first-order valence-electron chi connectivity index (χ1n) is 8.67. The molecule has 1 fully saturated rings. The predicted octanol–water partition coefficient (Wildman–Crippen LogP) is 0.916. The highest BCUT2D eigenvalue weighted by atomic mass is 35.5. The zero-order chi connectivity index (χ0) is 17.9. The molecule has 0 bridgehead atoms. The van der Waals surface area contributed by atoms with Crippen molar-refractivity contribution in [1.29, 1.82) is 0 Å². The van der Waals surface area contributed by atoms with Gasteiger partial charge in [0.05, 0.1) is 11.6 Å². The average Bonchev–Trinajstić information content (AvgIpc) is 3.29. The first-order chi connectivity index (χ1) is 12.7. The number of hydrogen-bond acceptors (Lipinski definition) is 7. The lowest BCUT2D eigenvalue weighted by Gasteiger charge is -2.30. The molecular formula is C17H22ClN7O2. The third kappa shape index (κ3) is 4.10. The Morgan fingerprint density at radius 3 is 3.11 bits per heavy atom. The maximum atomic E-state index is 12.3. The fourth-order valence-electron chi connectivity index (χ4n) is 3.10. The number of hydrogen-bond donors (Lipinski definition) is 3. The fourth-order valence-corrected chi connectivity index (χ4v) is 3.10. The van der Waals surface area contributed by atoms with Crippen molar-refractivity contribution in [2.24, 2.45) is 0 Å². The second kappa shape index (κ2) is 8.47. The largest absolute Gasteiger partial charge is 0.350 e. The first-order valence-corrected chi connectivity index (χ1v) is 8.67. The van der Waals surface area contributed by atoms with Crippen molar-refractivity contribution in [1.82, 2.24) is 35.9 Å². The van der Waals surface area contributed by atoms with E-state index >= 15 is 0 Å². The number of carbonyl (C=O) groups is 1. The van der Waals surface area contributed by atoms with Gasteiger partial charge in [-0.25, -0.2) is 0 Å². The Hall–Kier alpha value is -2.49. The summed E-state index contributed by atoms with van der Waals surface area (Å²) in [4.78, 5) is 19.0. The molecule has 9 nitrogen and oxygen atoms in total. The third-order valence-electron chi connectivity index (χ3n) is 4.60. The van der Waals surface area contributed by atoms with Crippen molar-refractivity contribution < 1.29 is 9.32 Å². The Bertz CT molecular complexity index is 909. The van der Waals surface area contributed by atoms with Crippen LogP contribution in [0, 0.1) is 0 Å². The molecule has 1 atom stereocenters. The van der Waals surface area contributed by atoms with Crippen LogP contribution in [0.5, 0.6) is 0 Å². The zero-order valence-corrected chi connectivity index (χ0v) is 15.8. The van der Waals surface area contributed by atoms with E-state index in [1.54, 1.807) is 0 Å². The van der Waals surface area contributed by atoms with Gasteiger partial charge in [0.2, 0.25) is 5.89 Å². The van der Waals surface area contributed by atoms with E-state index < -0.39 is 0 Å². The molecule has 0 radical (unpaired) electrons. The number of para-hydroxylation sites is 1. The third-order valence-corrected chi connectivity index (χ3v) is 4.60. The summed E-state index contributed by atoms with van der Waals surface area (Å²) in [7, 11) is 2.05. The number of nitrogens with one attached hydrogen (secondary N) is 3. The van der Waals surface area contributed by atoms with Crippen LogP contribution >= 0.6 is 12.4 Å². The second-order valence-corrected chi connectivity index (χ2v) is 6.37. The number of likely N-dealkylation sites (N-methyl/N-ethyl adjacent to an activating group) is 1. The minimum Gasteiger partial charge on any atom is -0.350 e. The van der Waals surface area contributed by atoms with Crippen LogP contribution in [0.25, 0.3) is 10.9 Å². The monoisotopic (exact) mass is 391 g/mol. The lowest BCUT2D eigenvalue weighted by Crippen LogP contribution is -2.44. The number of nitrogens with zero attached hydrogens (tertiary/aromatic N) is 4. The van der Waals surface area contributed by atoms with Gasteiger partial charge in [0.25, 0.3) is 5.91 Å². The number of benzene rings is 1. The van der Waals surface area contributed by atoms with Gasteiger partial charge >= 0.3 is 0 Å². The van der Waals surface area contributed by atoms with Crippen LogP contribution in [0.1, 0.15) is 28.2 Å². The molecule has 3 heterocycles. The Morgan fingerprint density at radius 1 is 1.41 bits per heavy atom. The van der Waals surface area contributed by atoms with Crippen LogP contribution < -0.4 is 10.6 Å². The zero-order valence-electron chi connectivity index (χ0n) is 14.9. The molecule has 144 valence electrons. The second-order valence-electron chi connectivity index (χ2n) is 6.37. The van der Waals surface area contributed by atoms with Crippen LogP contribution in [0.3, 0.4) is 0 Å². The normalized spacial score (nSPS) is 17.6. The summed E-state index contributed by atoms with van der Waals surface area (Å²) in [5, 5.41) is 18.0. The number of carbonyl (C=O) groups excluding carboxylic acids is 1. The Morgan fingerprint density at radius 2 is 2.26 bits per heavy atom. The highest BCUT2D eigenvalue weighted by molar-refractivity contribution is 6.04. The van der Waals surface area contributed by atoms with Gasteiger partial charge in [-0.05, 0) is 13.1 Å². The van der Waals surface area contributed by atoms with Gasteiger partial charge in [0.15, 0.2) is 11.5 Å². The van der Waals surface area contributed by atoms with Gasteiger partial charge < -0.3 is 15.2 Å². The van der Waals surface area contributed by atoms with Crippen molar-refractivity contribution in [2.45, 2.75) is 12.5 Å². The molecule has 1 aliphatic heterocycles. The van der Waals surface area contributed by atoms with Crippen molar-refractivity contribution in [3.05, 3.63) is 41.7 Å². The highest BCUT2D eigenvalue weighted by Gasteiger charge is 2.25. The fraction of sp³-hybridized carbons (Fsp3) is 0.412. The summed E-state index contributed by atoms with van der Waals surface area (Å²) >= 11 is 0. The van der Waals surface area contributed by atoms with Crippen LogP contribution in [-0.4, -0.2) is 64.4 Å². The van der Waals surface area contributed by atoms with Gasteiger partial charge in [-0.15, -0.1) is 12.4 Å². The molecule has 2 aromatic heterocycles. The molecule has 0 aliphatic carbocycles. The van der Waals surface area contributed by atoms with Crippen molar-refractivity contribution in [3.63, 3.8) is 0 Å². The summed E-state index contributed by atoms with van der Waals surface area (Å²) in [5.41, 5.74) is 1.23. The molecule has 0 saturated carbocycles. The lowest BCUT2D eigenvalue weighted by molar-refractivity contribution is 0.0950. The minimum atomic E-state index is -0.224. The molecule has 4 rings (SSSR count). The smallest absolute Gasteiger partial charge is 0.272 e. The minimum absolute atomic E-state index is 0. The summed E-state index contributed by atoms with van der Waals surface area (Å²) in [6.45, 7) is 3.12. The number of fused-ring (bicyclic) bond motifs is 1. The predicted molar refractivity (Wildman–Crippen MR) is 102 cm³/mol. The number of rotatable bonds is 5. The molecule has 1 aromatic carbocycles. The molecule has 27 heavy (non-hydrogen) atoms. The van der Waals surface area contributed by atoms with Gasteiger partial charge in [-0.1, -0.05) is 23.4 Å². The van der Waals surface area contributed by atoms with Crippen molar-refractivity contribution in [2.75, 3.05) is 33.2 Å². The lowest BCUT2D eigenvalue weighted by atomic mass is 10.2. The van der Waals surface area contributed by atoms with E-state index in [-0.39, 0.29) is 24.4 Å². The van der Waals surface area contributed by atoms with E-state index in [1.807, 2.05) is 24.3 Å². The molecular weight excluding hydrogens is 370 g/mol. The standard InChI is InChI=1S/C17H21N7O2.ClH/c1-24-9-8-18-10-13(24)16-20-14(26-23-16)6-7-19-17(25)15-11-4-2-3-5-12(11)21-22-15;/h2-5,13,18H,6-10H2,1H3,(H,19,25)(H,21,22);1H. The van der Waals surface area contributed by atoms with Crippen molar-refractivity contribution in [3.8, 4) is 0 Å². The molecule has 3 N–H and O–H groups in total. The average molecular weight is 392 g/mol. The molecule has 0 spiro atoms. The van der Waals surface area contributed by atoms with Crippen LogP contribution in [0.15, 0.2) is 28.8 Å². The molecule has 10 heteroatoms. The Labute approximate surface area is 162 Å². The SMILES string of the molecule is CN1CCNCC1c1noc(CCNC(=O)c2n[nH]c3ccccc23)n1.Cl. The van der Waals surface area contributed by atoms with Gasteiger partial charge in [-0.2, -0.15) is 10.1 Å². The van der Waals surface area contributed by atoms with Crippen LogP contribution in [0.2, 0.25) is 0 Å². The Kier molecular flexibility index (Phi) is 6.04. The number of halogens is 1. The number of aromatic amines is 1. The number of piperazine rings is 1. The van der Waals surface area contributed by atoms with Crippen molar-refractivity contribution >= 4 is 29.2 Å². The topological polar surface area (TPSA) is 112 Å². The van der Waals surface area contributed by atoms with Crippen LogP contribution in [0.4, 0.5) is 0 Å². The molecule has 1 aliphatic rings. The molecule has 1 saturated heterocycles. The molecule has 1 unspecified atom stereocenters. The number of amides is 1. The number of H-pyrrole nitrogens is 1. The summed E-state index contributed by atoms with van der Waals surface area (Å²) in [6, 6.07) is 7.65. The molecule has 1 amide bonds. The number of aromatic nitrogens is 4. The molecule has 3 aromatic rings.